The molecule has 9 nitrogen and oxygen atoms in total. The minimum Gasteiger partial charge on any atom is -0.507 e. The van der Waals surface area contributed by atoms with Crippen molar-refractivity contribution in [1.82, 2.24) is 4.90 Å². The maximum Gasteiger partial charge on any atom is 0.235 e. The molecule has 2 unspecified atom stereocenters. The molecule has 33 heavy (non-hydrogen) atoms. The number of Topliss-reactive ketones (excluding diaryl/α,β-unsaturated/α-hetero) is 4. The van der Waals surface area contributed by atoms with Gasteiger partial charge in [-0.2, -0.15) is 0 Å². The third-order valence-corrected chi connectivity index (χ3v) is 7.24. The third kappa shape index (κ3) is 3.34. The lowest BCUT2D eigenvalue weighted by Crippen LogP contribution is -2.68. The van der Waals surface area contributed by atoms with Gasteiger partial charge in [-0.1, -0.05) is 18.2 Å². The highest BCUT2D eigenvalue weighted by atomic mass is 16.3. The maximum atomic E-state index is 13.5. The molecule has 1 aromatic rings. The SMILES string of the molecule is C=CCN(C)Cc1ccc2c(c1O)C(=O)C1C(=O)[C@]3(O)C(=O)C(C(N)=O)C(=O)C[C@@H]3C[C@@H]1C2. The summed E-state index contributed by atoms with van der Waals surface area (Å²) in [6, 6.07) is 3.47. The largest absolute Gasteiger partial charge is 0.507 e. The van der Waals surface area contributed by atoms with E-state index in [1.54, 1.807) is 18.2 Å². The molecule has 2 saturated carbocycles. The van der Waals surface area contributed by atoms with Crippen molar-refractivity contribution in [3.05, 3.63) is 41.5 Å². The van der Waals surface area contributed by atoms with Gasteiger partial charge in [0, 0.05) is 31.0 Å². The lowest BCUT2D eigenvalue weighted by Gasteiger charge is -2.48. The number of likely N-dealkylation sites (N-methyl/N-ethyl adjacent to an activating group) is 1. The molecule has 0 aromatic heterocycles. The van der Waals surface area contributed by atoms with E-state index in [1.807, 2.05) is 11.9 Å². The Morgan fingerprint density at radius 1 is 1.24 bits per heavy atom. The number of benzene rings is 1. The normalized spacial score (nSPS) is 31.1. The van der Waals surface area contributed by atoms with Crippen molar-refractivity contribution in [2.75, 3.05) is 13.6 Å². The first-order valence-electron chi connectivity index (χ1n) is 10.8. The highest BCUT2D eigenvalue weighted by molar-refractivity contribution is 6.31. The molecular formula is C24H26N2O7. The minimum absolute atomic E-state index is 0.0157. The van der Waals surface area contributed by atoms with Crippen LogP contribution in [0.2, 0.25) is 0 Å². The summed E-state index contributed by atoms with van der Waals surface area (Å²) in [6.07, 6.45) is 1.73. The molecule has 5 atom stereocenters. The summed E-state index contributed by atoms with van der Waals surface area (Å²) in [6.45, 7) is 4.57. The number of aliphatic hydroxyl groups is 1. The van der Waals surface area contributed by atoms with E-state index in [-0.39, 0.29) is 30.6 Å². The number of phenols is 1. The van der Waals surface area contributed by atoms with Gasteiger partial charge in [0.1, 0.15) is 5.75 Å². The van der Waals surface area contributed by atoms with Gasteiger partial charge in [0.2, 0.25) is 5.91 Å². The van der Waals surface area contributed by atoms with Crippen LogP contribution in [0, 0.1) is 23.7 Å². The summed E-state index contributed by atoms with van der Waals surface area (Å²) >= 11 is 0. The number of phenolic OH excluding ortho intramolecular Hbond substituents is 1. The summed E-state index contributed by atoms with van der Waals surface area (Å²) in [5, 5.41) is 22.1. The second-order valence-electron chi connectivity index (χ2n) is 9.33. The molecule has 4 N–H and O–H groups in total. The van der Waals surface area contributed by atoms with Crippen LogP contribution in [-0.4, -0.2) is 63.3 Å². The Morgan fingerprint density at radius 2 is 1.94 bits per heavy atom. The lowest BCUT2D eigenvalue weighted by atomic mass is 9.54. The smallest absolute Gasteiger partial charge is 0.235 e. The predicted molar refractivity (Wildman–Crippen MR) is 115 cm³/mol. The monoisotopic (exact) mass is 454 g/mol. The van der Waals surface area contributed by atoms with Crippen LogP contribution in [0.3, 0.4) is 0 Å². The number of nitrogens with two attached hydrogens (primary N) is 1. The number of ketones is 4. The number of aromatic hydroxyl groups is 1. The quantitative estimate of drug-likeness (QED) is 0.413. The zero-order valence-corrected chi connectivity index (χ0v) is 18.2. The van der Waals surface area contributed by atoms with Crippen molar-refractivity contribution in [3.8, 4) is 5.75 Å². The summed E-state index contributed by atoms with van der Waals surface area (Å²) in [7, 11) is 1.82. The molecule has 174 valence electrons. The molecule has 0 radical (unpaired) electrons. The molecule has 0 spiro atoms. The second-order valence-corrected chi connectivity index (χ2v) is 9.33. The first-order valence-corrected chi connectivity index (χ1v) is 10.8. The van der Waals surface area contributed by atoms with Gasteiger partial charge in [0.25, 0.3) is 0 Å². The Bertz CT molecular complexity index is 1110. The number of amides is 1. The van der Waals surface area contributed by atoms with Crippen molar-refractivity contribution >= 4 is 29.0 Å². The fourth-order valence-corrected chi connectivity index (χ4v) is 5.69. The van der Waals surface area contributed by atoms with E-state index in [2.05, 4.69) is 6.58 Å². The molecule has 3 aliphatic rings. The number of rotatable bonds is 5. The molecule has 0 aliphatic heterocycles. The van der Waals surface area contributed by atoms with E-state index < -0.39 is 58.3 Å². The summed E-state index contributed by atoms with van der Waals surface area (Å²) in [4.78, 5) is 65.7. The second kappa shape index (κ2) is 8.00. The molecule has 1 aromatic carbocycles. The van der Waals surface area contributed by atoms with Crippen molar-refractivity contribution < 1.29 is 34.2 Å². The highest BCUT2D eigenvalue weighted by Gasteiger charge is 2.66. The highest BCUT2D eigenvalue weighted by Crippen LogP contribution is 2.50. The Morgan fingerprint density at radius 3 is 2.58 bits per heavy atom. The van der Waals surface area contributed by atoms with Gasteiger partial charge in [-0.25, -0.2) is 0 Å². The van der Waals surface area contributed by atoms with Crippen LogP contribution in [0.4, 0.5) is 0 Å². The maximum absolute atomic E-state index is 13.5. The number of hydrogen-bond acceptors (Lipinski definition) is 8. The van der Waals surface area contributed by atoms with Crippen LogP contribution < -0.4 is 5.73 Å². The van der Waals surface area contributed by atoms with Crippen molar-refractivity contribution in [1.29, 1.82) is 0 Å². The van der Waals surface area contributed by atoms with Gasteiger partial charge in [0.15, 0.2) is 34.7 Å². The topological polar surface area (TPSA) is 155 Å². The minimum atomic E-state index is -2.63. The van der Waals surface area contributed by atoms with Gasteiger partial charge in [0.05, 0.1) is 11.5 Å². The predicted octanol–water partition coefficient (Wildman–Crippen LogP) is -0.0553. The fourth-order valence-electron chi connectivity index (χ4n) is 5.69. The number of fused-ring (bicyclic) bond motifs is 3. The first-order chi connectivity index (χ1) is 15.5. The van der Waals surface area contributed by atoms with E-state index in [0.717, 1.165) is 0 Å². The Hall–Kier alpha value is -3.17. The van der Waals surface area contributed by atoms with Crippen LogP contribution in [0.15, 0.2) is 24.8 Å². The van der Waals surface area contributed by atoms with Crippen LogP contribution >= 0.6 is 0 Å². The van der Waals surface area contributed by atoms with E-state index in [9.17, 15) is 34.2 Å². The average Bonchev–Trinajstić information content (AvgIpc) is 2.72. The average molecular weight is 454 g/mol. The summed E-state index contributed by atoms with van der Waals surface area (Å²) in [5.74, 6) is -9.90. The molecule has 3 aliphatic carbocycles. The number of nitrogens with zero attached hydrogens (tertiary/aromatic N) is 1. The molecule has 0 heterocycles. The van der Waals surface area contributed by atoms with Crippen molar-refractivity contribution in [2.45, 2.75) is 31.4 Å². The molecular weight excluding hydrogens is 428 g/mol. The lowest BCUT2D eigenvalue weighted by molar-refractivity contribution is -0.175. The zero-order chi connectivity index (χ0) is 24.2. The van der Waals surface area contributed by atoms with Crippen LogP contribution in [0.25, 0.3) is 0 Å². The molecule has 9 heteroatoms. The summed E-state index contributed by atoms with van der Waals surface area (Å²) in [5.41, 5.74) is 3.65. The first kappa shape index (κ1) is 23.0. The summed E-state index contributed by atoms with van der Waals surface area (Å²) < 4.78 is 0. The van der Waals surface area contributed by atoms with Crippen LogP contribution in [-0.2, 0) is 32.1 Å². The van der Waals surface area contributed by atoms with Gasteiger partial charge < -0.3 is 15.9 Å². The number of carbonyl (C=O) groups is 5. The molecule has 2 fully saturated rings. The standard InChI is InChI=1S/C24H26N2O7/c1-3-6-26(2)10-12-5-4-11-7-13-8-14-9-15(27)18(23(25)32)22(31)24(14,33)21(30)17(13)20(29)16(11)19(12)28/h3-5,13-14,17-18,28,33H,1,6-10H2,2H3,(H2,25,32)/t13-,14-,17?,18?,24-/m0/s1. The van der Waals surface area contributed by atoms with Gasteiger partial charge >= 0.3 is 0 Å². The van der Waals surface area contributed by atoms with Gasteiger partial charge in [-0.15, -0.1) is 6.58 Å². The van der Waals surface area contributed by atoms with Gasteiger partial charge in [-0.05, 0) is 31.4 Å². The zero-order valence-electron chi connectivity index (χ0n) is 18.2. The van der Waals surface area contributed by atoms with Gasteiger partial charge in [-0.3, -0.25) is 28.9 Å². The van der Waals surface area contributed by atoms with Crippen LogP contribution in [0.1, 0.15) is 34.3 Å². The van der Waals surface area contributed by atoms with E-state index >= 15 is 0 Å². The molecule has 0 saturated heterocycles. The number of primary amides is 1. The third-order valence-electron chi connectivity index (χ3n) is 7.24. The fraction of sp³-hybridized carbons (Fsp3) is 0.458. The molecule has 0 bridgehead atoms. The Kier molecular flexibility index (Phi) is 5.58. The Labute approximate surface area is 190 Å². The van der Waals surface area contributed by atoms with Crippen LogP contribution in [0.5, 0.6) is 5.75 Å². The van der Waals surface area contributed by atoms with E-state index in [0.29, 0.717) is 24.2 Å². The van der Waals surface area contributed by atoms with E-state index in [1.165, 1.54) is 0 Å². The van der Waals surface area contributed by atoms with Crippen molar-refractivity contribution in [2.24, 2.45) is 29.4 Å². The Balaban J connectivity index is 1.73. The van der Waals surface area contributed by atoms with Crippen molar-refractivity contribution in [3.63, 3.8) is 0 Å². The molecule has 4 rings (SSSR count). The number of hydrogen-bond donors (Lipinski definition) is 3. The van der Waals surface area contributed by atoms with E-state index in [4.69, 9.17) is 5.73 Å². The number of carbonyl (C=O) groups excluding carboxylic acids is 5. The molecule has 1 amide bonds.